The summed E-state index contributed by atoms with van der Waals surface area (Å²) in [4.78, 5) is 14.9. The molecule has 4 nitrogen and oxygen atoms in total. The monoisotopic (exact) mass is 209 g/mol. The van der Waals surface area contributed by atoms with Gasteiger partial charge in [-0.2, -0.15) is 0 Å². The Labute approximate surface area is 87.2 Å². The van der Waals surface area contributed by atoms with E-state index in [0.29, 0.717) is 6.54 Å². The van der Waals surface area contributed by atoms with Crippen LogP contribution in [0.5, 0.6) is 0 Å². The number of amides is 2. The molecule has 0 aromatic carbocycles. The molecule has 1 aromatic rings. The number of urea groups is 1. The van der Waals surface area contributed by atoms with Gasteiger partial charge < -0.3 is 10.6 Å². The van der Waals surface area contributed by atoms with E-state index in [-0.39, 0.29) is 18.3 Å². The lowest BCUT2D eigenvalue weighted by molar-refractivity contribution is 0.241. The topological polar surface area (TPSA) is 54.0 Å². The van der Waals surface area contributed by atoms with Crippen molar-refractivity contribution in [2.24, 2.45) is 0 Å². The van der Waals surface area contributed by atoms with Gasteiger partial charge in [-0.25, -0.2) is 9.18 Å². The molecule has 0 aliphatic heterocycles. The van der Waals surface area contributed by atoms with Crippen molar-refractivity contribution in [3.8, 4) is 0 Å². The molecule has 0 bridgehead atoms. The van der Waals surface area contributed by atoms with Crippen molar-refractivity contribution < 1.29 is 9.18 Å². The van der Waals surface area contributed by atoms with Gasteiger partial charge in [0.2, 0.25) is 0 Å². The van der Waals surface area contributed by atoms with Gasteiger partial charge in [0.1, 0.15) is 5.82 Å². The Hall–Kier alpha value is -1.91. The van der Waals surface area contributed by atoms with Crippen LogP contribution in [-0.4, -0.2) is 17.6 Å². The smallest absolute Gasteiger partial charge is 0.315 e. The molecule has 2 amide bonds. The van der Waals surface area contributed by atoms with Crippen molar-refractivity contribution in [2.75, 3.05) is 6.54 Å². The maximum atomic E-state index is 13.0. The lowest BCUT2D eigenvalue weighted by atomic mass is 10.3. The van der Waals surface area contributed by atoms with Gasteiger partial charge in [-0.1, -0.05) is 6.08 Å². The summed E-state index contributed by atoms with van der Waals surface area (Å²) in [5.41, 5.74) is 0.214. The quantitative estimate of drug-likeness (QED) is 0.732. The van der Waals surface area contributed by atoms with Gasteiger partial charge >= 0.3 is 6.03 Å². The SMILES string of the molecule is C=CCNC(=O)NCc1ncccc1F. The van der Waals surface area contributed by atoms with Crippen molar-refractivity contribution >= 4 is 6.03 Å². The van der Waals surface area contributed by atoms with Gasteiger partial charge in [-0.15, -0.1) is 6.58 Å². The third-order valence-corrected chi connectivity index (χ3v) is 1.66. The standard InChI is InChI=1S/C10H12FN3O/c1-2-5-13-10(15)14-7-9-8(11)4-3-6-12-9/h2-4,6H,1,5,7H2,(H2,13,14,15). The van der Waals surface area contributed by atoms with Gasteiger partial charge in [0, 0.05) is 12.7 Å². The molecular weight excluding hydrogens is 197 g/mol. The van der Waals surface area contributed by atoms with E-state index >= 15 is 0 Å². The summed E-state index contributed by atoms with van der Waals surface area (Å²) in [6.45, 7) is 3.89. The number of nitrogens with one attached hydrogen (secondary N) is 2. The first-order valence-corrected chi connectivity index (χ1v) is 4.46. The van der Waals surface area contributed by atoms with Crippen LogP contribution in [0.4, 0.5) is 9.18 Å². The highest BCUT2D eigenvalue weighted by atomic mass is 19.1. The minimum atomic E-state index is -0.429. The second kappa shape index (κ2) is 5.74. The zero-order valence-electron chi connectivity index (χ0n) is 8.16. The van der Waals surface area contributed by atoms with E-state index in [4.69, 9.17) is 0 Å². The fourth-order valence-electron chi connectivity index (χ4n) is 0.940. The summed E-state index contributed by atoms with van der Waals surface area (Å²) in [5.74, 6) is -0.429. The number of rotatable bonds is 4. The Morgan fingerprint density at radius 1 is 1.60 bits per heavy atom. The van der Waals surface area contributed by atoms with Gasteiger partial charge in [0.15, 0.2) is 0 Å². The summed E-state index contributed by atoms with van der Waals surface area (Å²) in [7, 11) is 0. The number of hydrogen-bond donors (Lipinski definition) is 2. The van der Waals surface area contributed by atoms with Crippen LogP contribution in [0.15, 0.2) is 31.0 Å². The van der Waals surface area contributed by atoms with E-state index in [9.17, 15) is 9.18 Å². The first kappa shape index (κ1) is 11.2. The van der Waals surface area contributed by atoms with Gasteiger partial charge in [-0.05, 0) is 12.1 Å². The van der Waals surface area contributed by atoms with E-state index in [1.165, 1.54) is 18.3 Å². The molecule has 1 rings (SSSR count). The predicted octanol–water partition coefficient (Wildman–Crippen LogP) is 1.21. The average Bonchev–Trinajstić information content (AvgIpc) is 2.25. The minimum absolute atomic E-state index is 0.0651. The zero-order chi connectivity index (χ0) is 11.1. The number of carbonyl (C=O) groups is 1. The van der Waals surface area contributed by atoms with Crippen molar-refractivity contribution in [2.45, 2.75) is 6.54 Å². The number of carbonyl (C=O) groups excluding carboxylic acids is 1. The number of nitrogens with zero attached hydrogens (tertiary/aromatic N) is 1. The highest BCUT2D eigenvalue weighted by Crippen LogP contribution is 2.01. The molecule has 0 saturated heterocycles. The molecule has 0 fully saturated rings. The molecule has 1 heterocycles. The maximum absolute atomic E-state index is 13.0. The molecule has 1 aromatic heterocycles. The van der Waals surface area contributed by atoms with Crippen LogP contribution < -0.4 is 10.6 Å². The van der Waals surface area contributed by atoms with Crippen molar-refractivity contribution in [3.05, 3.63) is 42.5 Å². The molecule has 0 saturated carbocycles. The summed E-state index contributed by atoms with van der Waals surface area (Å²) >= 11 is 0. The predicted molar refractivity (Wildman–Crippen MR) is 54.6 cm³/mol. The van der Waals surface area contributed by atoms with Crippen molar-refractivity contribution in [1.29, 1.82) is 0 Å². The van der Waals surface area contributed by atoms with Crippen LogP contribution in [0.2, 0.25) is 0 Å². The number of hydrogen-bond acceptors (Lipinski definition) is 2. The highest BCUT2D eigenvalue weighted by molar-refractivity contribution is 5.73. The summed E-state index contributed by atoms with van der Waals surface area (Å²) in [6, 6.07) is 2.42. The van der Waals surface area contributed by atoms with Crippen molar-refractivity contribution in [3.63, 3.8) is 0 Å². The Morgan fingerprint density at radius 3 is 3.07 bits per heavy atom. The molecular formula is C10H12FN3O. The Bertz CT molecular complexity index is 354. The molecule has 5 heteroatoms. The molecule has 0 aliphatic carbocycles. The van der Waals surface area contributed by atoms with Crippen LogP contribution in [0, 0.1) is 5.82 Å². The second-order valence-corrected chi connectivity index (χ2v) is 2.78. The van der Waals surface area contributed by atoms with Crippen LogP contribution in [-0.2, 0) is 6.54 Å². The lowest BCUT2D eigenvalue weighted by Gasteiger charge is -2.05. The van der Waals surface area contributed by atoms with E-state index < -0.39 is 5.82 Å². The van der Waals surface area contributed by atoms with Crippen LogP contribution in [0.1, 0.15) is 5.69 Å². The molecule has 0 aliphatic rings. The zero-order valence-corrected chi connectivity index (χ0v) is 8.16. The fourth-order valence-corrected chi connectivity index (χ4v) is 0.940. The molecule has 15 heavy (non-hydrogen) atoms. The Balaban J connectivity index is 2.40. The summed E-state index contributed by atoms with van der Waals surface area (Å²) in [5, 5.41) is 4.98. The Morgan fingerprint density at radius 2 is 2.40 bits per heavy atom. The summed E-state index contributed by atoms with van der Waals surface area (Å²) < 4.78 is 13.0. The maximum Gasteiger partial charge on any atom is 0.315 e. The first-order chi connectivity index (χ1) is 7.24. The van der Waals surface area contributed by atoms with E-state index in [1.807, 2.05) is 0 Å². The average molecular weight is 209 g/mol. The molecule has 0 radical (unpaired) electrons. The Kier molecular flexibility index (Phi) is 4.28. The first-order valence-electron chi connectivity index (χ1n) is 4.46. The minimum Gasteiger partial charge on any atom is -0.335 e. The summed E-state index contributed by atoms with van der Waals surface area (Å²) in [6.07, 6.45) is 3.03. The second-order valence-electron chi connectivity index (χ2n) is 2.78. The van der Waals surface area contributed by atoms with Crippen molar-refractivity contribution in [1.82, 2.24) is 15.6 Å². The van der Waals surface area contributed by atoms with Gasteiger partial charge in [0.25, 0.3) is 0 Å². The third-order valence-electron chi connectivity index (χ3n) is 1.66. The molecule has 0 atom stereocenters. The normalized spacial score (nSPS) is 9.40. The van der Waals surface area contributed by atoms with Gasteiger partial charge in [-0.3, -0.25) is 4.98 Å². The number of halogens is 1. The fraction of sp³-hybridized carbons (Fsp3) is 0.200. The third kappa shape index (κ3) is 3.76. The molecule has 80 valence electrons. The number of aromatic nitrogens is 1. The highest BCUT2D eigenvalue weighted by Gasteiger charge is 2.03. The van der Waals surface area contributed by atoms with Gasteiger partial charge in [0.05, 0.1) is 12.2 Å². The number of pyridine rings is 1. The van der Waals surface area contributed by atoms with Crippen LogP contribution in [0.25, 0.3) is 0 Å². The van der Waals surface area contributed by atoms with E-state index in [2.05, 4.69) is 22.2 Å². The van der Waals surface area contributed by atoms with E-state index in [0.717, 1.165) is 0 Å². The molecule has 0 spiro atoms. The van der Waals surface area contributed by atoms with E-state index in [1.54, 1.807) is 6.08 Å². The van der Waals surface area contributed by atoms with Crippen LogP contribution in [0.3, 0.4) is 0 Å². The van der Waals surface area contributed by atoms with Crippen LogP contribution >= 0.6 is 0 Å². The lowest BCUT2D eigenvalue weighted by Crippen LogP contribution is -2.35. The molecule has 0 unspecified atom stereocenters. The largest absolute Gasteiger partial charge is 0.335 e. The molecule has 2 N–H and O–H groups in total.